The first kappa shape index (κ1) is 19.9. The van der Waals surface area contributed by atoms with Crippen LogP contribution in [-0.4, -0.2) is 55.6 Å². The van der Waals surface area contributed by atoms with Crippen LogP contribution in [0.5, 0.6) is 0 Å². The third kappa shape index (κ3) is 5.70. The summed E-state index contributed by atoms with van der Waals surface area (Å²) in [5.41, 5.74) is -0.175. The lowest BCUT2D eigenvalue weighted by molar-refractivity contribution is 0.121. The lowest BCUT2D eigenvalue weighted by Gasteiger charge is -2.40. The summed E-state index contributed by atoms with van der Waals surface area (Å²) in [6.07, 6.45) is 2.97. The molecule has 0 fully saturated rings. The summed E-state index contributed by atoms with van der Waals surface area (Å²) in [6, 6.07) is 0. The molecule has 20 heavy (non-hydrogen) atoms. The van der Waals surface area contributed by atoms with Crippen molar-refractivity contribution in [3.63, 3.8) is 0 Å². The molecular weight excluding hydrogens is 272 g/mol. The fraction of sp³-hybridized carbons (Fsp3) is 1.00. The van der Waals surface area contributed by atoms with Gasteiger partial charge in [0.05, 0.1) is 6.26 Å². The summed E-state index contributed by atoms with van der Waals surface area (Å²) in [7, 11) is 0.663. The van der Waals surface area contributed by atoms with Gasteiger partial charge in [-0.05, 0) is 53.5 Å². The summed E-state index contributed by atoms with van der Waals surface area (Å²) < 4.78 is 25.2. The fourth-order valence-corrected chi connectivity index (χ4v) is 3.46. The van der Waals surface area contributed by atoms with Gasteiger partial charge in [-0.2, -0.15) is 4.31 Å². The van der Waals surface area contributed by atoms with E-state index in [1.54, 1.807) is 7.05 Å². The predicted molar refractivity (Wildman–Crippen MR) is 87.5 cm³/mol. The van der Waals surface area contributed by atoms with E-state index in [1.165, 1.54) is 10.6 Å². The highest BCUT2D eigenvalue weighted by Gasteiger charge is 2.35. The molecule has 0 N–H and O–H groups in total. The minimum atomic E-state index is -3.16. The van der Waals surface area contributed by atoms with Gasteiger partial charge in [-0.25, -0.2) is 8.42 Å². The molecule has 0 heterocycles. The summed E-state index contributed by atoms with van der Waals surface area (Å²) >= 11 is 0. The third-order valence-electron chi connectivity index (χ3n) is 4.54. The largest absolute Gasteiger partial charge is 0.301 e. The quantitative estimate of drug-likeness (QED) is 0.726. The highest BCUT2D eigenvalue weighted by atomic mass is 32.2. The van der Waals surface area contributed by atoms with Crippen molar-refractivity contribution < 1.29 is 8.42 Å². The van der Waals surface area contributed by atoms with Gasteiger partial charge in [0.15, 0.2) is 0 Å². The van der Waals surface area contributed by atoms with Crippen LogP contribution in [0.1, 0.15) is 54.4 Å². The second-order valence-corrected chi connectivity index (χ2v) is 9.46. The maximum Gasteiger partial charge on any atom is 0.211 e. The van der Waals surface area contributed by atoms with Crippen LogP contribution >= 0.6 is 0 Å². The molecule has 0 bridgehead atoms. The van der Waals surface area contributed by atoms with Gasteiger partial charge < -0.3 is 4.90 Å². The van der Waals surface area contributed by atoms with Crippen LogP contribution in [0.2, 0.25) is 0 Å². The molecule has 0 aliphatic rings. The van der Waals surface area contributed by atoms with Gasteiger partial charge in [-0.1, -0.05) is 13.8 Å². The Morgan fingerprint density at radius 3 is 1.85 bits per heavy atom. The summed E-state index contributed by atoms with van der Waals surface area (Å²) in [6.45, 7) is 13.9. The number of hydrogen-bond acceptors (Lipinski definition) is 3. The first-order valence-corrected chi connectivity index (χ1v) is 9.24. The minimum absolute atomic E-state index is 0.139. The average Bonchev–Trinajstić information content (AvgIpc) is 2.24. The Morgan fingerprint density at radius 1 is 1.10 bits per heavy atom. The van der Waals surface area contributed by atoms with Crippen molar-refractivity contribution in [1.29, 1.82) is 0 Å². The molecule has 0 rings (SSSR count). The van der Waals surface area contributed by atoms with Gasteiger partial charge in [-0.3, -0.25) is 0 Å². The van der Waals surface area contributed by atoms with Gasteiger partial charge in [0.1, 0.15) is 0 Å². The SMILES string of the molecule is CCC(C)(CC(C)CN(C)C(C)(C)C)N(C)S(C)(=O)=O. The molecule has 0 aromatic carbocycles. The van der Waals surface area contributed by atoms with Crippen molar-refractivity contribution in [3.05, 3.63) is 0 Å². The molecule has 0 amide bonds. The first-order chi connectivity index (χ1) is 8.74. The monoisotopic (exact) mass is 306 g/mol. The van der Waals surface area contributed by atoms with Crippen molar-refractivity contribution >= 4 is 10.0 Å². The Hall–Kier alpha value is -0.130. The Balaban J connectivity index is 4.89. The van der Waals surface area contributed by atoms with E-state index in [0.29, 0.717) is 5.92 Å². The van der Waals surface area contributed by atoms with Crippen LogP contribution in [0, 0.1) is 5.92 Å². The van der Waals surface area contributed by atoms with Gasteiger partial charge in [0.2, 0.25) is 10.0 Å². The maximum absolute atomic E-state index is 11.8. The summed E-state index contributed by atoms with van der Waals surface area (Å²) in [5, 5.41) is 0. The smallest absolute Gasteiger partial charge is 0.211 e. The predicted octanol–water partition coefficient (Wildman–Crippen LogP) is 2.80. The minimum Gasteiger partial charge on any atom is -0.301 e. The van der Waals surface area contributed by atoms with Crippen LogP contribution in [0.15, 0.2) is 0 Å². The lowest BCUT2D eigenvalue weighted by Crippen LogP contribution is -2.49. The van der Waals surface area contributed by atoms with Gasteiger partial charge >= 0.3 is 0 Å². The summed E-state index contributed by atoms with van der Waals surface area (Å²) in [4.78, 5) is 2.33. The zero-order valence-corrected chi connectivity index (χ0v) is 15.6. The van der Waals surface area contributed by atoms with Gasteiger partial charge in [-0.15, -0.1) is 0 Å². The molecule has 0 spiro atoms. The lowest BCUT2D eigenvalue weighted by atomic mass is 9.87. The molecule has 0 aliphatic carbocycles. The van der Waals surface area contributed by atoms with Crippen molar-refractivity contribution in [1.82, 2.24) is 9.21 Å². The van der Waals surface area contributed by atoms with E-state index < -0.39 is 10.0 Å². The highest BCUT2D eigenvalue weighted by Crippen LogP contribution is 2.29. The van der Waals surface area contributed by atoms with Crippen LogP contribution in [-0.2, 0) is 10.0 Å². The van der Waals surface area contributed by atoms with E-state index >= 15 is 0 Å². The van der Waals surface area contributed by atoms with E-state index in [0.717, 1.165) is 19.4 Å². The summed E-state index contributed by atoms with van der Waals surface area (Å²) in [5.74, 6) is 0.438. The number of hydrogen-bond donors (Lipinski definition) is 0. The third-order valence-corrected chi connectivity index (χ3v) is 5.97. The molecule has 2 unspecified atom stereocenters. The van der Waals surface area contributed by atoms with Crippen LogP contribution in [0.3, 0.4) is 0 Å². The molecule has 0 saturated carbocycles. The molecule has 122 valence electrons. The second kappa shape index (κ2) is 6.75. The van der Waals surface area contributed by atoms with Gasteiger partial charge in [0.25, 0.3) is 0 Å². The number of rotatable bonds is 7. The molecule has 0 radical (unpaired) electrons. The fourth-order valence-electron chi connectivity index (χ4n) is 2.45. The van der Waals surface area contributed by atoms with Crippen LogP contribution in [0.4, 0.5) is 0 Å². The van der Waals surface area contributed by atoms with E-state index in [1.807, 2.05) is 6.92 Å². The highest BCUT2D eigenvalue weighted by molar-refractivity contribution is 7.88. The van der Waals surface area contributed by atoms with Crippen molar-refractivity contribution in [2.75, 3.05) is 26.9 Å². The van der Waals surface area contributed by atoms with E-state index in [2.05, 4.69) is 46.6 Å². The van der Waals surface area contributed by atoms with Crippen LogP contribution < -0.4 is 0 Å². The normalized spacial score (nSPS) is 18.4. The standard InChI is InChI=1S/C15H34N2O2S/c1-10-15(6,17(8)20(9,18)19)11-13(2)12-16(7)14(3,4)5/h13H,10-12H2,1-9H3. The molecule has 2 atom stereocenters. The molecule has 0 saturated heterocycles. The second-order valence-electron chi connectivity index (χ2n) is 7.44. The Kier molecular flexibility index (Phi) is 6.71. The van der Waals surface area contributed by atoms with Crippen molar-refractivity contribution in [2.45, 2.75) is 65.5 Å². The maximum atomic E-state index is 11.8. The zero-order chi connectivity index (χ0) is 16.4. The van der Waals surface area contributed by atoms with Crippen LogP contribution in [0.25, 0.3) is 0 Å². The Bertz CT molecular complexity index is 401. The van der Waals surface area contributed by atoms with Crippen molar-refractivity contribution in [2.24, 2.45) is 5.92 Å². The molecule has 0 aliphatic heterocycles. The number of nitrogens with zero attached hydrogens (tertiary/aromatic N) is 2. The molecule has 5 heteroatoms. The van der Waals surface area contributed by atoms with E-state index in [9.17, 15) is 8.42 Å². The van der Waals surface area contributed by atoms with Crippen molar-refractivity contribution in [3.8, 4) is 0 Å². The molecular formula is C15H34N2O2S. The molecule has 0 aromatic rings. The Morgan fingerprint density at radius 2 is 1.55 bits per heavy atom. The molecule has 0 aromatic heterocycles. The molecule has 4 nitrogen and oxygen atoms in total. The topological polar surface area (TPSA) is 40.6 Å². The van der Waals surface area contributed by atoms with E-state index in [4.69, 9.17) is 0 Å². The average molecular weight is 307 g/mol. The zero-order valence-electron chi connectivity index (χ0n) is 14.8. The first-order valence-electron chi connectivity index (χ1n) is 7.39. The Labute approximate surface area is 126 Å². The van der Waals surface area contributed by atoms with E-state index in [-0.39, 0.29) is 11.1 Å². The van der Waals surface area contributed by atoms with Gasteiger partial charge in [0, 0.05) is 24.7 Å². The number of sulfonamides is 1.